The second-order valence-electron chi connectivity index (χ2n) is 7.44. The SMILES string of the molecule is [B]c1ccc(C(=O)COC(=O)C2CCCC2NC(=O)OC(C)(C)C)cc1. The summed E-state index contributed by atoms with van der Waals surface area (Å²) >= 11 is 0. The molecular weight excluding hydrogens is 333 g/mol. The standard InChI is InChI=1S/C19H24BNO5/c1-19(2,3)26-18(24)21-15-6-4-5-14(15)17(23)25-11-16(22)12-7-9-13(20)10-8-12/h7-10,14-15H,4-6,11H2,1-3H3,(H,21,24). The van der Waals surface area contributed by atoms with Crippen molar-refractivity contribution in [3.63, 3.8) is 0 Å². The van der Waals surface area contributed by atoms with Gasteiger partial charge in [-0.2, -0.15) is 0 Å². The van der Waals surface area contributed by atoms with Gasteiger partial charge in [0, 0.05) is 11.6 Å². The second kappa shape index (κ2) is 8.38. The number of alkyl carbamates (subject to hydrolysis) is 1. The highest BCUT2D eigenvalue weighted by Crippen LogP contribution is 2.27. The van der Waals surface area contributed by atoms with Gasteiger partial charge in [0.15, 0.2) is 12.4 Å². The van der Waals surface area contributed by atoms with E-state index in [-0.39, 0.29) is 18.4 Å². The van der Waals surface area contributed by atoms with Crippen LogP contribution < -0.4 is 10.8 Å². The van der Waals surface area contributed by atoms with Gasteiger partial charge in [-0.1, -0.05) is 36.1 Å². The Bertz CT molecular complexity index is 666. The van der Waals surface area contributed by atoms with Crippen molar-refractivity contribution in [1.29, 1.82) is 0 Å². The molecule has 1 aromatic rings. The molecule has 2 unspecified atom stereocenters. The van der Waals surface area contributed by atoms with Crippen molar-refractivity contribution in [3.05, 3.63) is 29.8 Å². The predicted octanol–water partition coefficient (Wildman–Crippen LogP) is 1.90. The van der Waals surface area contributed by atoms with Crippen LogP contribution in [0.2, 0.25) is 0 Å². The Morgan fingerprint density at radius 2 is 1.81 bits per heavy atom. The van der Waals surface area contributed by atoms with E-state index in [0.29, 0.717) is 23.9 Å². The number of carbonyl (C=O) groups is 3. The van der Waals surface area contributed by atoms with Crippen LogP contribution in [0.15, 0.2) is 24.3 Å². The topological polar surface area (TPSA) is 81.7 Å². The maximum absolute atomic E-state index is 12.3. The lowest BCUT2D eigenvalue weighted by atomic mass is 9.95. The van der Waals surface area contributed by atoms with E-state index in [4.69, 9.17) is 17.3 Å². The molecule has 2 radical (unpaired) electrons. The average molecular weight is 357 g/mol. The number of ketones is 1. The first kappa shape index (κ1) is 20.0. The van der Waals surface area contributed by atoms with Crippen LogP contribution in [0.3, 0.4) is 0 Å². The van der Waals surface area contributed by atoms with Gasteiger partial charge in [-0.15, -0.1) is 0 Å². The largest absolute Gasteiger partial charge is 0.457 e. The molecular formula is C19H24BNO5. The fourth-order valence-electron chi connectivity index (χ4n) is 2.87. The fourth-order valence-corrected chi connectivity index (χ4v) is 2.87. The smallest absolute Gasteiger partial charge is 0.407 e. The molecule has 0 heterocycles. The van der Waals surface area contributed by atoms with Crippen molar-refractivity contribution in [2.75, 3.05) is 6.61 Å². The van der Waals surface area contributed by atoms with Gasteiger partial charge in [-0.3, -0.25) is 9.59 Å². The van der Waals surface area contributed by atoms with Crippen LogP contribution in [0.4, 0.5) is 4.79 Å². The molecule has 0 aromatic heterocycles. The first-order valence-corrected chi connectivity index (χ1v) is 8.70. The lowest BCUT2D eigenvalue weighted by Gasteiger charge is -2.24. The lowest BCUT2D eigenvalue weighted by Crippen LogP contribution is -2.43. The van der Waals surface area contributed by atoms with Crippen LogP contribution in [-0.2, 0) is 14.3 Å². The molecule has 1 fully saturated rings. The van der Waals surface area contributed by atoms with E-state index in [0.717, 1.165) is 6.42 Å². The summed E-state index contributed by atoms with van der Waals surface area (Å²) in [5.41, 5.74) is 0.381. The zero-order chi connectivity index (χ0) is 19.3. The summed E-state index contributed by atoms with van der Waals surface area (Å²) in [4.78, 5) is 36.3. The Balaban J connectivity index is 1.86. The molecule has 0 spiro atoms. The van der Waals surface area contributed by atoms with E-state index in [1.807, 2.05) is 0 Å². The number of hydrogen-bond acceptors (Lipinski definition) is 5. The Hall–Kier alpha value is -2.31. The van der Waals surface area contributed by atoms with Gasteiger partial charge in [0.05, 0.1) is 5.92 Å². The highest BCUT2D eigenvalue weighted by molar-refractivity contribution is 6.32. The molecule has 7 heteroatoms. The van der Waals surface area contributed by atoms with Crippen LogP contribution in [0.5, 0.6) is 0 Å². The summed E-state index contributed by atoms with van der Waals surface area (Å²) in [7, 11) is 5.58. The van der Waals surface area contributed by atoms with E-state index in [1.54, 1.807) is 45.0 Å². The summed E-state index contributed by atoms with van der Waals surface area (Å²) in [6.45, 7) is 4.99. The third kappa shape index (κ3) is 5.90. The molecule has 0 bridgehead atoms. The average Bonchev–Trinajstić information content (AvgIpc) is 2.99. The quantitative estimate of drug-likeness (QED) is 0.495. The second-order valence-corrected chi connectivity index (χ2v) is 7.44. The Morgan fingerprint density at radius 3 is 2.42 bits per heavy atom. The Kier molecular flexibility index (Phi) is 6.45. The molecule has 1 aliphatic rings. The van der Waals surface area contributed by atoms with E-state index < -0.39 is 23.6 Å². The number of benzene rings is 1. The highest BCUT2D eigenvalue weighted by atomic mass is 16.6. The normalized spacial score (nSPS) is 19.7. The number of esters is 1. The van der Waals surface area contributed by atoms with E-state index >= 15 is 0 Å². The van der Waals surface area contributed by atoms with Gasteiger partial charge >= 0.3 is 12.1 Å². The molecule has 1 amide bonds. The molecule has 0 saturated heterocycles. The maximum atomic E-state index is 12.3. The van der Waals surface area contributed by atoms with E-state index in [1.165, 1.54) is 0 Å². The third-order valence-corrected chi connectivity index (χ3v) is 4.10. The zero-order valence-corrected chi connectivity index (χ0v) is 15.4. The maximum Gasteiger partial charge on any atom is 0.407 e. The number of Topliss-reactive ketones (excluding diaryl/α,β-unsaturated/α-hetero) is 1. The summed E-state index contributed by atoms with van der Waals surface area (Å²) < 4.78 is 10.4. The van der Waals surface area contributed by atoms with Crippen LogP contribution in [0.1, 0.15) is 50.4 Å². The van der Waals surface area contributed by atoms with Crippen molar-refractivity contribution in [1.82, 2.24) is 5.32 Å². The van der Waals surface area contributed by atoms with Gasteiger partial charge in [0.25, 0.3) is 0 Å². The number of ether oxygens (including phenoxy) is 2. The van der Waals surface area contributed by atoms with Crippen molar-refractivity contribution in [3.8, 4) is 0 Å². The van der Waals surface area contributed by atoms with Gasteiger partial charge in [0.1, 0.15) is 13.4 Å². The van der Waals surface area contributed by atoms with Crippen LogP contribution in [-0.4, -0.2) is 43.9 Å². The third-order valence-electron chi connectivity index (χ3n) is 4.10. The van der Waals surface area contributed by atoms with Gasteiger partial charge in [-0.05, 0) is 33.6 Å². The monoisotopic (exact) mass is 357 g/mol. The minimum Gasteiger partial charge on any atom is -0.457 e. The van der Waals surface area contributed by atoms with Crippen LogP contribution in [0.25, 0.3) is 0 Å². The van der Waals surface area contributed by atoms with Gasteiger partial charge < -0.3 is 14.8 Å². The minimum absolute atomic E-state index is 0.298. The van der Waals surface area contributed by atoms with Crippen molar-refractivity contribution >= 4 is 31.2 Å². The molecule has 1 N–H and O–H groups in total. The predicted molar refractivity (Wildman–Crippen MR) is 97.6 cm³/mol. The number of nitrogens with one attached hydrogen (secondary N) is 1. The van der Waals surface area contributed by atoms with Crippen molar-refractivity contribution < 1.29 is 23.9 Å². The molecule has 138 valence electrons. The van der Waals surface area contributed by atoms with Gasteiger partial charge in [-0.25, -0.2) is 4.79 Å². The Labute approximate surface area is 155 Å². The number of rotatable bonds is 5. The molecule has 2 atom stereocenters. The van der Waals surface area contributed by atoms with Crippen molar-refractivity contribution in [2.45, 2.75) is 51.7 Å². The molecule has 26 heavy (non-hydrogen) atoms. The zero-order valence-electron chi connectivity index (χ0n) is 15.4. The number of carbonyl (C=O) groups excluding carboxylic acids is 3. The molecule has 1 aliphatic carbocycles. The lowest BCUT2D eigenvalue weighted by molar-refractivity contribution is -0.147. The van der Waals surface area contributed by atoms with Crippen LogP contribution in [0, 0.1) is 5.92 Å². The van der Waals surface area contributed by atoms with Crippen molar-refractivity contribution in [2.24, 2.45) is 5.92 Å². The van der Waals surface area contributed by atoms with E-state index in [2.05, 4.69) is 5.32 Å². The summed E-state index contributed by atoms with van der Waals surface area (Å²) in [5.74, 6) is -1.25. The molecule has 2 rings (SSSR count). The molecule has 0 aliphatic heterocycles. The fraction of sp³-hybridized carbons (Fsp3) is 0.526. The molecule has 1 saturated carbocycles. The first-order chi connectivity index (χ1) is 12.2. The number of amides is 1. The first-order valence-electron chi connectivity index (χ1n) is 8.70. The van der Waals surface area contributed by atoms with Gasteiger partial charge in [0.2, 0.25) is 0 Å². The summed E-state index contributed by atoms with van der Waals surface area (Å²) in [5, 5.41) is 2.73. The molecule has 1 aromatic carbocycles. The minimum atomic E-state index is -0.607. The highest BCUT2D eigenvalue weighted by Gasteiger charge is 2.36. The Morgan fingerprint density at radius 1 is 1.15 bits per heavy atom. The summed E-state index contributed by atoms with van der Waals surface area (Å²) in [6.07, 6.45) is 1.52. The van der Waals surface area contributed by atoms with Crippen LogP contribution >= 0.6 is 0 Å². The number of hydrogen-bond donors (Lipinski definition) is 1. The molecule has 6 nitrogen and oxygen atoms in total. The summed E-state index contributed by atoms with van der Waals surface area (Å²) in [6, 6.07) is 6.07. The van der Waals surface area contributed by atoms with E-state index in [9.17, 15) is 14.4 Å².